The van der Waals surface area contributed by atoms with Gasteiger partial charge in [-0.1, -0.05) is 61.7 Å². The van der Waals surface area contributed by atoms with E-state index in [0.29, 0.717) is 32.2 Å². The molecule has 5 rings (SSSR count). The van der Waals surface area contributed by atoms with E-state index in [1.54, 1.807) is 11.0 Å². The normalized spacial score (nSPS) is 29.3. The Bertz CT molecular complexity index is 1130. The molecule has 4 aliphatic rings. The molecule has 42 heavy (non-hydrogen) atoms. The summed E-state index contributed by atoms with van der Waals surface area (Å²) in [6.07, 6.45) is 12.1. The third-order valence-electron chi connectivity index (χ3n) is 9.83. The van der Waals surface area contributed by atoms with Crippen molar-refractivity contribution in [2.75, 3.05) is 19.8 Å². The maximum absolute atomic E-state index is 14.7. The van der Waals surface area contributed by atoms with Crippen LogP contribution in [-0.2, 0) is 30.3 Å². The van der Waals surface area contributed by atoms with Crippen molar-refractivity contribution in [3.63, 3.8) is 0 Å². The minimum absolute atomic E-state index is 0.0632. The van der Waals surface area contributed by atoms with Crippen molar-refractivity contribution in [2.24, 2.45) is 11.8 Å². The molecular formula is C34H46N2O6. The summed E-state index contributed by atoms with van der Waals surface area (Å²) in [5, 5.41) is 10.7. The van der Waals surface area contributed by atoms with Gasteiger partial charge in [0.15, 0.2) is 0 Å². The fraction of sp³-hybridized carbons (Fsp3) is 0.618. The molecule has 1 aromatic rings. The molecule has 2 amide bonds. The van der Waals surface area contributed by atoms with Gasteiger partial charge < -0.3 is 24.4 Å². The summed E-state index contributed by atoms with van der Waals surface area (Å²) in [6.45, 7) is 8.01. The van der Waals surface area contributed by atoms with Gasteiger partial charge in [-0.15, -0.1) is 13.2 Å². The Hall–Kier alpha value is -2.97. The third-order valence-corrected chi connectivity index (χ3v) is 9.83. The lowest BCUT2D eigenvalue weighted by molar-refractivity contribution is -0.157. The standard InChI is InChI=1S/C34H46N2O6/c1-3-5-6-13-21-41-33(40)28-27-18-19-34(42-27)29(28)31(38)36(26(23-37)22-24-14-9-7-10-15-24)30(34)32(39)35(20-4-2)25-16-11-8-12-17-25/h3-4,7,9-10,14-15,25-30,37H,1-2,5-6,8,11-13,16-23H2/t26-,27+,28-,29+,30?,34?/m1/s1. The van der Waals surface area contributed by atoms with Crippen molar-refractivity contribution in [1.82, 2.24) is 9.80 Å². The summed E-state index contributed by atoms with van der Waals surface area (Å²) in [7, 11) is 0. The van der Waals surface area contributed by atoms with Crippen LogP contribution in [0.25, 0.3) is 0 Å². The fourth-order valence-electron chi connectivity index (χ4n) is 7.94. The second kappa shape index (κ2) is 13.6. The van der Waals surface area contributed by atoms with E-state index in [1.165, 1.54) is 0 Å². The zero-order valence-corrected chi connectivity index (χ0v) is 24.7. The molecule has 1 N–H and O–H groups in total. The van der Waals surface area contributed by atoms with E-state index in [-0.39, 0.29) is 31.1 Å². The highest BCUT2D eigenvalue weighted by Gasteiger charge is 2.75. The molecule has 8 heteroatoms. The maximum atomic E-state index is 14.7. The summed E-state index contributed by atoms with van der Waals surface area (Å²) in [6, 6.07) is 8.19. The number of nitrogens with zero attached hydrogens (tertiary/aromatic N) is 2. The first kappa shape index (κ1) is 30.5. The Morgan fingerprint density at radius 2 is 1.88 bits per heavy atom. The van der Waals surface area contributed by atoms with Crippen LogP contribution in [0, 0.1) is 11.8 Å². The number of hydrogen-bond acceptors (Lipinski definition) is 6. The number of unbranched alkanes of at least 4 members (excludes halogenated alkanes) is 2. The van der Waals surface area contributed by atoms with Crippen LogP contribution in [0.1, 0.15) is 69.8 Å². The number of fused-ring (bicyclic) bond motifs is 1. The van der Waals surface area contributed by atoms with Gasteiger partial charge in [-0.25, -0.2) is 0 Å². The largest absolute Gasteiger partial charge is 0.465 e. The maximum Gasteiger partial charge on any atom is 0.312 e. The summed E-state index contributed by atoms with van der Waals surface area (Å²) >= 11 is 0. The zero-order chi connectivity index (χ0) is 29.7. The van der Waals surface area contributed by atoms with Crippen LogP contribution in [0.5, 0.6) is 0 Å². The fourth-order valence-corrected chi connectivity index (χ4v) is 7.94. The van der Waals surface area contributed by atoms with Crippen LogP contribution in [-0.4, -0.2) is 82.3 Å². The predicted octanol–water partition coefficient (Wildman–Crippen LogP) is 4.21. The Morgan fingerprint density at radius 3 is 2.57 bits per heavy atom. The van der Waals surface area contributed by atoms with Crippen molar-refractivity contribution in [3.8, 4) is 0 Å². The summed E-state index contributed by atoms with van der Waals surface area (Å²) in [5.41, 5.74) is -0.162. The number of rotatable bonds is 14. The second-order valence-electron chi connectivity index (χ2n) is 12.4. The van der Waals surface area contributed by atoms with Crippen molar-refractivity contribution >= 4 is 17.8 Å². The van der Waals surface area contributed by atoms with Crippen LogP contribution >= 0.6 is 0 Å². The molecule has 228 valence electrons. The highest BCUT2D eigenvalue weighted by molar-refractivity contribution is 5.98. The van der Waals surface area contributed by atoms with Gasteiger partial charge in [0.2, 0.25) is 11.8 Å². The van der Waals surface area contributed by atoms with E-state index < -0.39 is 41.6 Å². The molecule has 8 nitrogen and oxygen atoms in total. The van der Waals surface area contributed by atoms with E-state index in [4.69, 9.17) is 9.47 Å². The smallest absolute Gasteiger partial charge is 0.312 e. The van der Waals surface area contributed by atoms with Gasteiger partial charge in [0.25, 0.3) is 0 Å². The highest BCUT2D eigenvalue weighted by Crippen LogP contribution is 2.59. The Kier molecular flexibility index (Phi) is 9.84. The molecular weight excluding hydrogens is 532 g/mol. The second-order valence-corrected chi connectivity index (χ2v) is 12.4. The van der Waals surface area contributed by atoms with E-state index in [0.717, 1.165) is 50.5 Å². The molecule has 1 saturated carbocycles. The summed E-state index contributed by atoms with van der Waals surface area (Å²) in [4.78, 5) is 46.2. The summed E-state index contributed by atoms with van der Waals surface area (Å²) in [5.74, 6) is -2.45. The number of carbonyl (C=O) groups excluding carboxylic acids is 3. The van der Waals surface area contributed by atoms with Gasteiger partial charge in [-0.3, -0.25) is 14.4 Å². The molecule has 1 aromatic carbocycles. The molecule has 4 fully saturated rings. The average molecular weight is 579 g/mol. The lowest BCUT2D eigenvalue weighted by atomic mass is 9.70. The number of aliphatic hydroxyl groups excluding tert-OH is 1. The Morgan fingerprint density at radius 1 is 1.12 bits per heavy atom. The predicted molar refractivity (Wildman–Crippen MR) is 159 cm³/mol. The minimum Gasteiger partial charge on any atom is -0.465 e. The van der Waals surface area contributed by atoms with E-state index >= 15 is 0 Å². The van der Waals surface area contributed by atoms with Gasteiger partial charge in [-0.2, -0.15) is 0 Å². The number of ether oxygens (including phenoxy) is 2. The van der Waals surface area contributed by atoms with Crippen molar-refractivity contribution in [1.29, 1.82) is 0 Å². The number of likely N-dealkylation sites (tertiary alicyclic amines) is 1. The Balaban J connectivity index is 1.49. The molecule has 1 aliphatic carbocycles. The van der Waals surface area contributed by atoms with Crippen molar-refractivity contribution in [2.45, 2.75) is 100 Å². The number of amides is 2. The average Bonchev–Trinajstić information content (AvgIpc) is 3.66. The SMILES string of the molecule is C=CCCCCOC(=O)[C@@H]1[C@@H]2CCC3(O2)C(C(=O)N(CC=C)C2CCCCC2)N([C@@H](CO)Cc2ccccc2)C(=O)[C@H]13. The molecule has 3 heterocycles. The number of allylic oxidation sites excluding steroid dienone is 1. The van der Waals surface area contributed by atoms with E-state index in [2.05, 4.69) is 13.2 Å². The van der Waals surface area contributed by atoms with Gasteiger partial charge >= 0.3 is 5.97 Å². The van der Waals surface area contributed by atoms with Crippen LogP contribution in [0.4, 0.5) is 0 Å². The number of aliphatic hydroxyl groups is 1. The van der Waals surface area contributed by atoms with Crippen molar-refractivity contribution in [3.05, 3.63) is 61.2 Å². The monoisotopic (exact) mass is 578 g/mol. The molecule has 3 aliphatic heterocycles. The Labute approximate surface area is 249 Å². The zero-order valence-electron chi connectivity index (χ0n) is 24.7. The van der Waals surface area contributed by atoms with Gasteiger partial charge in [0, 0.05) is 12.6 Å². The first-order valence-corrected chi connectivity index (χ1v) is 15.8. The number of benzene rings is 1. The van der Waals surface area contributed by atoms with Crippen LogP contribution in [0.3, 0.4) is 0 Å². The van der Waals surface area contributed by atoms with Gasteiger partial charge in [0.05, 0.1) is 37.2 Å². The molecule has 0 radical (unpaired) electrons. The van der Waals surface area contributed by atoms with Crippen LogP contribution in [0.15, 0.2) is 55.6 Å². The first-order chi connectivity index (χ1) is 20.5. The van der Waals surface area contributed by atoms with E-state index in [1.807, 2.05) is 41.3 Å². The van der Waals surface area contributed by atoms with Gasteiger partial charge in [-0.05, 0) is 56.9 Å². The quantitative estimate of drug-likeness (QED) is 0.202. The molecule has 0 aromatic heterocycles. The minimum atomic E-state index is -1.12. The molecule has 6 atom stereocenters. The van der Waals surface area contributed by atoms with E-state index in [9.17, 15) is 19.5 Å². The molecule has 2 bridgehead atoms. The summed E-state index contributed by atoms with van der Waals surface area (Å²) < 4.78 is 12.3. The van der Waals surface area contributed by atoms with Crippen LogP contribution < -0.4 is 0 Å². The third kappa shape index (κ3) is 5.68. The molecule has 1 spiro atoms. The lowest BCUT2D eigenvalue weighted by Gasteiger charge is -2.42. The molecule has 2 unspecified atom stereocenters. The first-order valence-electron chi connectivity index (χ1n) is 15.8. The molecule has 3 saturated heterocycles. The number of esters is 1. The number of hydrogen-bond donors (Lipinski definition) is 1. The number of carbonyl (C=O) groups is 3. The topological polar surface area (TPSA) is 96.4 Å². The lowest BCUT2D eigenvalue weighted by Crippen LogP contribution is -2.60. The highest BCUT2D eigenvalue weighted by atomic mass is 16.6. The van der Waals surface area contributed by atoms with Gasteiger partial charge in [0.1, 0.15) is 11.6 Å². The van der Waals surface area contributed by atoms with Crippen molar-refractivity contribution < 1.29 is 29.0 Å². The van der Waals surface area contributed by atoms with Crippen LogP contribution in [0.2, 0.25) is 0 Å².